The Bertz CT molecular complexity index is 1050. The van der Waals surface area contributed by atoms with Gasteiger partial charge in [-0.3, -0.25) is 14.5 Å². The molecule has 1 aromatic carbocycles. The molecule has 0 aliphatic carbocycles. The van der Waals surface area contributed by atoms with Crippen LogP contribution in [0.25, 0.3) is 0 Å². The fourth-order valence-corrected chi connectivity index (χ4v) is 5.53. The molecule has 1 fully saturated rings. The molecule has 3 atom stereocenters. The molecule has 3 N–H and O–H groups in total. The average molecular weight is 499 g/mol. The molecule has 2 aliphatic rings. The Kier molecular flexibility index (Phi) is 8.53. The minimum absolute atomic E-state index is 0.00763. The van der Waals surface area contributed by atoms with Crippen LogP contribution in [-0.4, -0.2) is 76.9 Å². The van der Waals surface area contributed by atoms with Crippen LogP contribution in [0, 0.1) is 5.92 Å². The van der Waals surface area contributed by atoms with Gasteiger partial charge in [0.25, 0.3) is 0 Å². The lowest BCUT2D eigenvalue weighted by molar-refractivity contribution is -0.143. The van der Waals surface area contributed by atoms with Crippen LogP contribution in [0.2, 0.25) is 0 Å². The number of nitrogens with zero attached hydrogens (tertiary/aromatic N) is 3. The summed E-state index contributed by atoms with van der Waals surface area (Å²) in [6.07, 6.45) is 5.28. The number of amides is 1. The van der Waals surface area contributed by atoms with Crippen LogP contribution in [0.15, 0.2) is 36.5 Å². The molecule has 1 saturated heterocycles. The van der Waals surface area contributed by atoms with Gasteiger partial charge in [0.2, 0.25) is 12.7 Å². The zero-order chi connectivity index (χ0) is 25.7. The Morgan fingerprint density at radius 1 is 1.19 bits per heavy atom. The van der Waals surface area contributed by atoms with E-state index in [0.29, 0.717) is 44.1 Å². The maximum atomic E-state index is 13.3. The van der Waals surface area contributed by atoms with Gasteiger partial charge in [-0.05, 0) is 49.1 Å². The molecule has 2 aromatic rings. The summed E-state index contributed by atoms with van der Waals surface area (Å²) in [7, 11) is 1.99. The molecule has 36 heavy (non-hydrogen) atoms. The van der Waals surface area contributed by atoms with E-state index in [1.807, 2.05) is 42.4 Å². The molecule has 3 heterocycles. The third kappa shape index (κ3) is 5.68. The lowest BCUT2D eigenvalue weighted by Gasteiger charge is -2.29. The van der Waals surface area contributed by atoms with Crippen LogP contribution < -0.4 is 15.2 Å². The number of aromatic nitrogens is 1. The molecular weight excluding hydrogens is 460 g/mol. The highest BCUT2D eigenvalue weighted by Crippen LogP contribution is 2.43. The van der Waals surface area contributed by atoms with E-state index in [1.54, 1.807) is 0 Å². The van der Waals surface area contributed by atoms with E-state index in [4.69, 9.17) is 15.2 Å². The zero-order valence-corrected chi connectivity index (χ0v) is 21.3. The number of hydrogen-bond acceptors (Lipinski definition) is 6. The first kappa shape index (κ1) is 26.0. The van der Waals surface area contributed by atoms with E-state index in [-0.39, 0.29) is 31.2 Å². The topological polar surface area (TPSA) is 110 Å². The standard InChI is InChI=1S/C27H38N4O5/c1-3-4-13-30(14-11-28)25(32)17-31-16-21(19-7-10-23-24(15-19)36-18-35-23)26(27(33)34)22(31)9-8-20-6-5-12-29(20)2/h5-7,10,12,15,21-22,26H,3-4,8-9,11,13-14,16-18,28H2,1-2H3,(H,33,34)/t21-,22+,26?/m1/s1. The molecule has 0 spiro atoms. The van der Waals surface area contributed by atoms with Crippen LogP contribution in [0.5, 0.6) is 11.5 Å². The maximum Gasteiger partial charge on any atom is 0.308 e. The molecule has 9 heteroatoms. The lowest BCUT2D eigenvalue weighted by Crippen LogP contribution is -2.45. The van der Waals surface area contributed by atoms with E-state index in [0.717, 1.165) is 30.5 Å². The first-order valence-electron chi connectivity index (χ1n) is 12.9. The van der Waals surface area contributed by atoms with Crippen molar-refractivity contribution in [2.45, 2.75) is 44.6 Å². The normalized spacial score (nSPS) is 21.1. The van der Waals surface area contributed by atoms with Crippen LogP contribution in [0.1, 0.15) is 43.4 Å². The highest BCUT2D eigenvalue weighted by atomic mass is 16.7. The Balaban J connectivity index is 1.60. The fourth-order valence-electron chi connectivity index (χ4n) is 5.53. The summed E-state index contributed by atoms with van der Waals surface area (Å²) >= 11 is 0. The van der Waals surface area contributed by atoms with Gasteiger partial charge in [0.15, 0.2) is 11.5 Å². The summed E-state index contributed by atoms with van der Waals surface area (Å²) in [5.41, 5.74) is 7.83. The quantitative estimate of drug-likeness (QED) is 0.462. The van der Waals surface area contributed by atoms with Crippen molar-refractivity contribution in [3.8, 4) is 11.5 Å². The van der Waals surface area contributed by atoms with Crippen molar-refractivity contribution < 1.29 is 24.2 Å². The van der Waals surface area contributed by atoms with Crippen LogP contribution in [-0.2, 0) is 23.1 Å². The summed E-state index contributed by atoms with van der Waals surface area (Å²) < 4.78 is 13.1. The van der Waals surface area contributed by atoms with Gasteiger partial charge in [0, 0.05) is 57.1 Å². The van der Waals surface area contributed by atoms with Crippen molar-refractivity contribution in [2.24, 2.45) is 18.7 Å². The molecule has 1 unspecified atom stereocenters. The van der Waals surface area contributed by atoms with Gasteiger partial charge in [-0.15, -0.1) is 0 Å². The number of unbranched alkanes of at least 4 members (excludes halogenated alkanes) is 1. The number of nitrogens with two attached hydrogens (primary N) is 1. The van der Waals surface area contributed by atoms with Crippen molar-refractivity contribution in [2.75, 3.05) is 39.5 Å². The fraction of sp³-hybridized carbons (Fsp3) is 0.556. The second-order valence-corrected chi connectivity index (χ2v) is 9.75. The van der Waals surface area contributed by atoms with Gasteiger partial charge < -0.3 is 29.8 Å². The number of fused-ring (bicyclic) bond motifs is 1. The number of carbonyl (C=O) groups is 2. The monoisotopic (exact) mass is 498 g/mol. The highest BCUT2D eigenvalue weighted by molar-refractivity contribution is 5.79. The molecule has 0 bridgehead atoms. The van der Waals surface area contributed by atoms with Crippen molar-refractivity contribution in [3.05, 3.63) is 47.8 Å². The first-order valence-corrected chi connectivity index (χ1v) is 12.9. The number of carboxylic acids is 1. The summed E-state index contributed by atoms with van der Waals surface area (Å²) in [4.78, 5) is 29.9. The number of benzene rings is 1. The van der Waals surface area contributed by atoms with Gasteiger partial charge in [0.05, 0.1) is 12.5 Å². The van der Waals surface area contributed by atoms with Crippen molar-refractivity contribution in [3.63, 3.8) is 0 Å². The van der Waals surface area contributed by atoms with Crippen LogP contribution >= 0.6 is 0 Å². The van der Waals surface area contributed by atoms with E-state index < -0.39 is 11.9 Å². The molecular formula is C27H38N4O5. The van der Waals surface area contributed by atoms with Crippen LogP contribution in [0.3, 0.4) is 0 Å². The minimum atomic E-state index is -0.839. The predicted molar refractivity (Wildman–Crippen MR) is 136 cm³/mol. The second kappa shape index (κ2) is 11.8. The Hall–Kier alpha value is -3.04. The maximum absolute atomic E-state index is 13.3. The zero-order valence-electron chi connectivity index (χ0n) is 21.3. The number of likely N-dealkylation sites (tertiary alicyclic amines) is 1. The summed E-state index contributed by atoms with van der Waals surface area (Å²) in [6, 6.07) is 9.44. The Morgan fingerprint density at radius 3 is 2.69 bits per heavy atom. The minimum Gasteiger partial charge on any atom is -0.481 e. The van der Waals surface area contributed by atoms with Gasteiger partial charge >= 0.3 is 5.97 Å². The SMILES string of the molecule is CCCCN(CCN)C(=O)CN1C[C@H](c2ccc3c(c2)OCO3)C(C(=O)O)[C@@H]1CCc1cccn1C. The number of rotatable bonds is 12. The van der Waals surface area contributed by atoms with Gasteiger partial charge in [-0.1, -0.05) is 19.4 Å². The smallest absolute Gasteiger partial charge is 0.308 e. The van der Waals surface area contributed by atoms with Gasteiger partial charge in [0.1, 0.15) is 0 Å². The number of ether oxygens (including phenoxy) is 2. The second-order valence-electron chi connectivity index (χ2n) is 9.75. The first-order chi connectivity index (χ1) is 17.4. The molecule has 0 radical (unpaired) electrons. The summed E-state index contributed by atoms with van der Waals surface area (Å²) in [5, 5.41) is 10.4. The molecule has 196 valence electrons. The molecule has 1 aromatic heterocycles. The molecule has 1 amide bonds. The average Bonchev–Trinajstić information content (AvgIpc) is 3.58. The highest BCUT2D eigenvalue weighted by Gasteiger charge is 2.47. The Morgan fingerprint density at radius 2 is 2.00 bits per heavy atom. The van der Waals surface area contributed by atoms with Crippen molar-refractivity contribution >= 4 is 11.9 Å². The molecule has 2 aliphatic heterocycles. The largest absolute Gasteiger partial charge is 0.481 e. The molecule has 0 saturated carbocycles. The van der Waals surface area contributed by atoms with Crippen molar-refractivity contribution in [1.29, 1.82) is 0 Å². The number of hydrogen-bond donors (Lipinski definition) is 2. The lowest BCUT2D eigenvalue weighted by atomic mass is 9.83. The van der Waals surface area contributed by atoms with E-state index >= 15 is 0 Å². The molecule has 4 rings (SSSR count). The van der Waals surface area contributed by atoms with Crippen molar-refractivity contribution in [1.82, 2.24) is 14.4 Å². The molecule has 9 nitrogen and oxygen atoms in total. The van der Waals surface area contributed by atoms with E-state index in [2.05, 4.69) is 22.5 Å². The summed E-state index contributed by atoms with van der Waals surface area (Å²) in [5.74, 6) is -0.425. The summed E-state index contributed by atoms with van der Waals surface area (Å²) in [6.45, 7) is 4.52. The van der Waals surface area contributed by atoms with E-state index in [1.165, 1.54) is 0 Å². The Labute approximate surface area is 212 Å². The number of carboxylic acid groups (broad SMARTS) is 1. The van der Waals surface area contributed by atoms with Gasteiger partial charge in [-0.25, -0.2) is 0 Å². The number of carbonyl (C=O) groups excluding carboxylic acids is 1. The number of aryl methyl sites for hydroxylation is 2. The third-order valence-electron chi connectivity index (χ3n) is 7.48. The van der Waals surface area contributed by atoms with E-state index in [9.17, 15) is 14.7 Å². The van der Waals surface area contributed by atoms with Gasteiger partial charge in [-0.2, -0.15) is 0 Å². The third-order valence-corrected chi connectivity index (χ3v) is 7.48. The number of aliphatic carboxylic acids is 1. The predicted octanol–water partition coefficient (Wildman–Crippen LogP) is 2.44. The van der Waals surface area contributed by atoms with Crippen LogP contribution in [0.4, 0.5) is 0 Å².